The fraction of sp³-hybridized carbons (Fsp3) is 0.333. The first-order valence-corrected chi connectivity index (χ1v) is 6.75. The number of ketones is 1. The van der Waals surface area contributed by atoms with Gasteiger partial charge in [-0.25, -0.2) is 4.79 Å². The number of carbonyl (C=O) groups is 2. The van der Waals surface area contributed by atoms with Crippen molar-refractivity contribution in [3.05, 3.63) is 28.8 Å². The summed E-state index contributed by atoms with van der Waals surface area (Å²) in [6.07, 6.45) is 0. The predicted molar refractivity (Wildman–Crippen MR) is 80.2 cm³/mol. The molecule has 7 heteroatoms. The molecule has 1 N–H and O–H groups in total. The van der Waals surface area contributed by atoms with E-state index in [-0.39, 0.29) is 12.3 Å². The van der Waals surface area contributed by atoms with Gasteiger partial charge in [-0.3, -0.25) is 4.79 Å². The molecule has 0 aliphatic carbocycles. The van der Waals surface area contributed by atoms with E-state index in [2.05, 4.69) is 0 Å². The number of hydrogen-bond donors (Lipinski definition) is 1. The van der Waals surface area contributed by atoms with Crippen LogP contribution in [0.5, 0.6) is 5.75 Å². The average molecular weight is 323 g/mol. The minimum absolute atomic E-state index is 0.0865. The van der Waals surface area contributed by atoms with Crippen LogP contribution < -0.4 is 4.74 Å². The molecule has 116 valence electrons. The van der Waals surface area contributed by atoms with Gasteiger partial charge in [0.1, 0.15) is 11.7 Å². The highest BCUT2D eigenvalue weighted by molar-refractivity contribution is 6.30. The second-order valence-corrected chi connectivity index (χ2v) is 5.01. The van der Waals surface area contributed by atoms with Crippen LogP contribution >= 0.6 is 11.6 Å². The molecule has 0 saturated heterocycles. The van der Waals surface area contributed by atoms with Crippen molar-refractivity contribution < 1.29 is 19.1 Å². The van der Waals surface area contributed by atoms with Crippen molar-refractivity contribution in [2.24, 2.45) is 5.92 Å². The third kappa shape index (κ3) is 5.19. The molecule has 1 rings (SSSR count). The largest absolute Gasteiger partial charge is 0.482 e. The van der Waals surface area contributed by atoms with Crippen LogP contribution in [0.25, 0.3) is 0 Å². The summed E-state index contributed by atoms with van der Waals surface area (Å²) in [5.74, 6) is -2.07. The van der Waals surface area contributed by atoms with E-state index in [4.69, 9.17) is 31.7 Å². The SMILES string of the molecule is CC(=N)[C@H](C#N)C(=O)COC(=O)COc1ccc(Cl)cc1C. The number of ether oxygens (including phenoxy) is 2. The highest BCUT2D eigenvalue weighted by Crippen LogP contribution is 2.21. The van der Waals surface area contributed by atoms with Crippen LogP contribution in [0.15, 0.2) is 18.2 Å². The van der Waals surface area contributed by atoms with Gasteiger partial charge in [0.2, 0.25) is 0 Å². The zero-order chi connectivity index (χ0) is 16.7. The summed E-state index contributed by atoms with van der Waals surface area (Å²) < 4.78 is 10.0. The molecule has 0 unspecified atom stereocenters. The lowest BCUT2D eigenvalue weighted by molar-refractivity contribution is -0.150. The summed E-state index contributed by atoms with van der Waals surface area (Å²) in [6.45, 7) is 2.20. The Bertz CT molecular complexity index is 637. The monoisotopic (exact) mass is 322 g/mol. The molecule has 6 nitrogen and oxygen atoms in total. The van der Waals surface area contributed by atoms with Crippen molar-refractivity contribution in [1.82, 2.24) is 0 Å². The first-order chi connectivity index (χ1) is 10.3. The van der Waals surface area contributed by atoms with Crippen molar-refractivity contribution in [3.63, 3.8) is 0 Å². The minimum Gasteiger partial charge on any atom is -0.482 e. The van der Waals surface area contributed by atoms with Gasteiger partial charge >= 0.3 is 5.97 Å². The molecule has 0 aliphatic heterocycles. The second kappa shape index (κ2) is 8.15. The topological polar surface area (TPSA) is 100 Å². The van der Waals surface area contributed by atoms with Crippen LogP contribution in [0.4, 0.5) is 0 Å². The normalized spacial score (nSPS) is 11.2. The number of rotatable bonds is 7. The van der Waals surface area contributed by atoms with E-state index >= 15 is 0 Å². The van der Waals surface area contributed by atoms with E-state index in [1.54, 1.807) is 31.2 Å². The fourth-order valence-electron chi connectivity index (χ4n) is 1.60. The van der Waals surface area contributed by atoms with Gasteiger partial charge in [-0.1, -0.05) is 11.6 Å². The Balaban J connectivity index is 2.46. The lowest BCUT2D eigenvalue weighted by atomic mass is 10.0. The molecule has 0 saturated carbocycles. The molecule has 0 heterocycles. The summed E-state index contributed by atoms with van der Waals surface area (Å²) in [4.78, 5) is 23.1. The van der Waals surface area contributed by atoms with Gasteiger partial charge < -0.3 is 14.9 Å². The zero-order valence-corrected chi connectivity index (χ0v) is 12.9. The summed E-state index contributed by atoms with van der Waals surface area (Å²) in [5.41, 5.74) is 0.678. The van der Waals surface area contributed by atoms with Crippen molar-refractivity contribution >= 4 is 29.1 Å². The number of carbonyl (C=O) groups excluding carboxylic acids is 2. The number of nitrogens with zero attached hydrogens (tertiary/aromatic N) is 1. The highest BCUT2D eigenvalue weighted by atomic mass is 35.5. The van der Waals surface area contributed by atoms with Gasteiger partial charge in [0, 0.05) is 10.7 Å². The maximum absolute atomic E-state index is 11.6. The van der Waals surface area contributed by atoms with Gasteiger partial charge in [0.25, 0.3) is 0 Å². The van der Waals surface area contributed by atoms with E-state index in [9.17, 15) is 9.59 Å². The Morgan fingerprint density at radius 2 is 2.09 bits per heavy atom. The van der Waals surface area contributed by atoms with E-state index in [0.29, 0.717) is 10.8 Å². The fourth-order valence-corrected chi connectivity index (χ4v) is 1.83. The van der Waals surface area contributed by atoms with Crippen molar-refractivity contribution in [2.45, 2.75) is 13.8 Å². The standard InChI is InChI=1S/C15H15ClN2O4/c1-9-5-11(16)3-4-14(9)21-8-15(20)22-7-13(19)12(6-17)10(2)18/h3-5,12,18H,7-8H2,1-2H3/t12-/m0/s1. The van der Waals surface area contributed by atoms with Crippen LogP contribution in [0, 0.1) is 29.6 Å². The van der Waals surface area contributed by atoms with Gasteiger partial charge in [0.05, 0.1) is 6.07 Å². The molecule has 0 bridgehead atoms. The minimum atomic E-state index is -1.19. The van der Waals surface area contributed by atoms with Crippen LogP contribution in [-0.4, -0.2) is 30.7 Å². The Morgan fingerprint density at radius 1 is 1.41 bits per heavy atom. The Morgan fingerprint density at radius 3 is 2.64 bits per heavy atom. The van der Waals surface area contributed by atoms with Crippen molar-refractivity contribution in [2.75, 3.05) is 13.2 Å². The second-order valence-electron chi connectivity index (χ2n) is 4.57. The molecule has 0 fully saturated rings. The number of nitrogens with one attached hydrogen (secondary N) is 1. The molecule has 0 amide bonds. The first kappa shape index (κ1) is 17.7. The molecule has 22 heavy (non-hydrogen) atoms. The molecular formula is C15H15ClN2O4. The van der Waals surface area contributed by atoms with Crippen molar-refractivity contribution in [3.8, 4) is 11.8 Å². The van der Waals surface area contributed by atoms with E-state index in [1.165, 1.54) is 6.92 Å². The molecule has 0 radical (unpaired) electrons. The maximum Gasteiger partial charge on any atom is 0.344 e. The van der Waals surface area contributed by atoms with Gasteiger partial charge in [-0.2, -0.15) is 5.26 Å². The lowest BCUT2D eigenvalue weighted by Gasteiger charge is -2.10. The number of nitriles is 1. The summed E-state index contributed by atoms with van der Waals surface area (Å²) in [6, 6.07) is 6.63. The molecule has 0 aromatic heterocycles. The number of benzene rings is 1. The molecule has 0 aliphatic rings. The first-order valence-electron chi connectivity index (χ1n) is 6.37. The van der Waals surface area contributed by atoms with E-state index in [1.807, 2.05) is 0 Å². The molecule has 1 aromatic carbocycles. The van der Waals surface area contributed by atoms with Crippen LogP contribution in [0.2, 0.25) is 5.02 Å². The predicted octanol–water partition coefficient (Wildman–Crippen LogP) is 2.32. The zero-order valence-electron chi connectivity index (χ0n) is 12.2. The number of esters is 1. The van der Waals surface area contributed by atoms with Gasteiger partial charge in [-0.05, 0) is 37.6 Å². The number of Topliss-reactive ketones (excluding diaryl/α,β-unsaturated/α-hetero) is 1. The Kier molecular flexibility index (Phi) is 6.54. The molecule has 1 atom stereocenters. The quantitative estimate of drug-likeness (QED) is 0.613. The average Bonchev–Trinajstić information content (AvgIpc) is 2.44. The van der Waals surface area contributed by atoms with E-state index in [0.717, 1.165) is 5.56 Å². The molecular weight excluding hydrogens is 308 g/mol. The highest BCUT2D eigenvalue weighted by Gasteiger charge is 2.21. The van der Waals surface area contributed by atoms with Crippen molar-refractivity contribution in [1.29, 1.82) is 10.7 Å². The number of halogens is 1. The number of aryl methyl sites for hydroxylation is 1. The molecule has 0 spiro atoms. The van der Waals surface area contributed by atoms with Crippen LogP contribution in [0.1, 0.15) is 12.5 Å². The lowest BCUT2D eigenvalue weighted by Crippen LogP contribution is -2.27. The van der Waals surface area contributed by atoms with Gasteiger partial charge in [-0.15, -0.1) is 0 Å². The summed E-state index contributed by atoms with van der Waals surface area (Å²) in [7, 11) is 0. The molecule has 1 aromatic rings. The Hall–Kier alpha value is -2.39. The third-order valence-electron chi connectivity index (χ3n) is 2.74. The number of hydrogen-bond acceptors (Lipinski definition) is 6. The third-order valence-corrected chi connectivity index (χ3v) is 2.98. The van der Waals surface area contributed by atoms with Gasteiger partial charge in [0.15, 0.2) is 19.0 Å². The van der Waals surface area contributed by atoms with Crippen LogP contribution in [0.3, 0.4) is 0 Å². The maximum atomic E-state index is 11.6. The summed E-state index contributed by atoms with van der Waals surface area (Å²) in [5, 5.41) is 16.6. The Labute approximate surface area is 133 Å². The van der Waals surface area contributed by atoms with Crippen LogP contribution in [-0.2, 0) is 14.3 Å². The van der Waals surface area contributed by atoms with E-state index < -0.39 is 24.3 Å². The smallest absolute Gasteiger partial charge is 0.344 e. The summed E-state index contributed by atoms with van der Waals surface area (Å²) >= 11 is 5.80.